The molecule has 144 valence electrons. The molecule has 1 unspecified atom stereocenters. The molecule has 3 aromatic carbocycles. The molecule has 1 saturated heterocycles. The van der Waals surface area contributed by atoms with Gasteiger partial charge in [0.15, 0.2) is 6.10 Å². The second-order valence-corrected chi connectivity index (χ2v) is 6.74. The highest BCUT2D eigenvalue weighted by molar-refractivity contribution is 6.00. The van der Waals surface area contributed by atoms with Crippen molar-refractivity contribution in [1.82, 2.24) is 5.32 Å². The van der Waals surface area contributed by atoms with Gasteiger partial charge < -0.3 is 9.47 Å². The number of nitriles is 1. The summed E-state index contributed by atoms with van der Waals surface area (Å²) in [5, 5.41) is 13.2. The molecule has 1 heterocycles. The van der Waals surface area contributed by atoms with Crippen molar-refractivity contribution in [1.29, 1.82) is 5.26 Å². The predicted octanol–water partition coefficient (Wildman–Crippen LogP) is 4.24. The van der Waals surface area contributed by atoms with Gasteiger partial charge in [-0.15, -0.1) is 0 Å². The van der Waals surface area contributed by atoms with Gasteiger partial charge in [0.25, 0.3) is 5.91 Å². The van der Waals surface area contributed by atoms with Crippen LogP contribution in [0.2, 0.25) is 0 Å². The summed E-state index contributed by atoms with van der Waals surface area (Å²) in [6.07, 6.45) is -0.447. The molecule has 2 amide bonds. The Morgan fingerprint density at radius 2 is 1.86 bits per heavy atom. The Labute approximate surface area is 167 Å². The van der Waals surface area contributed by atoms with E-state index in [1.165, 1.54) is 0 Å². The summed E-state index contributed by atoms with van der Waals surface area (Å²) >= 11 is 0. The van der Waals surface area contributed by atoms with Crippen LogP contribution in [0.1, 0.15) is 23.6 Å². The maximum Gasteiger partial charge on any atom is 0.414 e. The van der Waals surface area contributed by atoms with Gasteiger partial charge in [0, 0.05) is 17.2 Å². The molecular weight excluding hydrogens is 368 g/mol. The fourth-order valence-corrected chi connectivity index (χ4v) is 3.51. The van der Waals surface area contributed by atoms with E-state index in [2.05, 4.69) is 11.4 Å². The number of nitrogens with one attached hydrogen (secondary N) is 1. The zero-order chi connectivity index (χ0) is 20.4. The van der Waals surface area contributed by atoms with Crippen molar-refractivity contribution in [3.63, 3.8) is 0 Å². The van der Waals surface area contributed by atoms with E-state index in [-0.39, 0.29) is 0 Å². The van der Waals surface area contributed by atoms with E-state index >= 15 is 0 Å². The zero-order valence-corrected chi connectivity index (χ0v) is 15.8. The number of hydrogen-bond donors (Lipinski definition) is 1. The molecule has 1 fully saturated rings. The number of nitrogens with zero attached hydrogens (tertiary/aromatic N) is 1. The van der Waals surface area contributed by atoms with Crippen LogP contribution in [-0.2, 0) is 22.4 Å². The molecule has 3 aromatic rings. The summed E-state index contributed by atoms with van der Waals surface area (Å²) in [5.41, 5.74) is 2.54. The lowest BCUT2D eigenvalue weighted by Crippen LogP contribution is -2.26. The van der Waals surface area contributed by atoms with Gasteiger partial charge in [-0.3, -0.25) is 10.1 Å². The second-order valence-electron chi connectivity index (χ2n) is 6.74. The number of rotatable bonds is 5. The molecule has 29 heavy (non-hydrogen) atoms. The SMILES string of the molecule is CCc1cc(Oc2ccc(C#N)c3ccccc23)ccc1CC1OC(=O)NC1=O. The number of aryl methyl sites for hydroxylation is 1. The Balaban J connectivity index is 1.62. The number of hydrogen-bond acceptors (Lipinski definition) is 5. The standard InChI is InChI=1S/C23H18N2O4/c1-2-14-11-17(9-7-15(14)12-21-22(26)25-23(27)29-21)28-20-10-8-16(13-24)18-5-3-4-6-19(18)20/h3-11,21H,2,12H2,1H3,(H,25,26,27). The average Bonchev–Trinajstić information content (AvgIpc) is 3.06. The second kappa shape index (κ2) is 7.64. The molecule has 0 spiro atoms. The monoisotopic (exact) mass is 386 g/mol. The van der Waals surface area contributed by atoms with Crippen LogP contribution in [0.15, 0.2) is 54.6 Å². The number of fused-ring (bicyclic) bond motifs is 1. The first-order valence-corrected chi connectivity index (χ1v) is 9.32. The van der Waals surface area contributed by atoms with E-state index in [0.29, 0.717) is 23.5 Å². The highest BCUT2D eigenvalue weighted by atomic mass is 16.6. The van der Waals surface area contributed by atoms with Crippen LogP contribution in [0.5, 0.6) is 11.5 Å². The minimum atomic E-state index is -0.804. The van der Waals surface area contributed by atoms with Crippen molar-refractivity contribution in [3.05, 3.63) is 71.3 Å². The number of carbonyl (C=O) groups is 2. The fourth-order valence-electron chi connectivity index (χ4n) is 3.51. The quantitative estimate of drug-likeness (QED) is 0.708. The van der Waals surface area contributed by atoms with Crippen LogP contribution in [0.4, 0.5) is 4.79 Å². The smallest absolute Gasteiger partial charge is 0.414 e. The Morgan fingerprint density at radius 1 is 1.07 bits per heavy atom. The van der Waals surface area contributed by atoms with Crippen LogP contribution in [0, 0.1) is 11.3 Å². The summed E-state index contributed by atoms with van der Waals surface area (Å²) in [4.78, 5) is 23.0. The van der Waals surface area contributed by atoms with Crippen molar-refractivity contribution in [2.24, 2.45) is 0 Å². The molecule has 1 aliphatic rings. The molecule has 6 nitrogen and oxygen atoms in total. The van der Waals surface area contributed by atoms with E-state index in [1.54, 1.807) is 12.1 Å². The van der Waals surface area contributed by atoms with Gasteiger partial charge in [0.2, 0.25) is 0 Å². The Kier molecular flexibility index (Phi) is 4.88. The van der Waals surface area contributed by atoms with Gasteiger partial charge in [0.05, 0.1) is 11.6 Å². The number of ether oxygens (including phenoxy) is 2. The van der Waals surface area contributed by atoms with Gasteiger partial charge in [-0.2, -0.15) is 5.26 Å². The third-order valence-corrected chi connectivity index (χ3v) is 4.96. The van der Waals surface area contributed by atoms with Gasteiger partial charge in [-0.25, -0.2) is 4.79 Å². The normalized spacial score (nSPS) is 15.7. The van der Waals surface area contributed by atoms with Crippen LogP contribution < -0.4 is 10.1 Å². The molecule has 1 N–H and O–H groups in total. The number of alkyl carbamates (subject to hydrolysis) is 1. The largest absolute Gasteiger partial charge is 0.457 e. The molecule has 0 bridgehead atoms. The van der Waals surface area contributed by atoms with Gasteiger partial charge in [-0.05, 0) is 41.8 Å². The lowest BCUT2D eigenvalue weighted by molar-refractivity contribution is -0.123. The average molecular weight is 386 g/mol. The first kappa shape index (κ1) is 18.5. The summed E-state index contributed by atoms with van der Waals surface area (Å²) in [7, 11) is 0. The summed E-state index contributed by atoms with van der Waals surface area (Å²) in [6, 6.07) is 19.0. The van der Waals surface area contributed by atoms with Gasteiger partial charge in [0.1, 0.15) is 11.5 Å². The molecule has 1 atom stereocenters. The minimum absolute atomic E-state index is 0.320. The fraction of sp³-hybridized carbons (Fsp3) is 0.174. The maximum absolute atomic E-state index is 11.8. The lowest BCUT2D eigenvalue weighted by atomic mass is 9.99. The lowest BCUT2D eigenvalue weighted by Gasteiger charge is -2.14. The predicted molar refractivity (Wildman–Crippen MR) is 107 cm³/mol. The van der Waals surface area contributed by atoms with Gasteiger partial charge >= 0.3 is 6.09 Å². The number of cyclic esters (lactones) is 1. The van der Waals surface area contributed by atoms with Crippen molar-refractivity contribution < 1.29 is 19.1 Å². The Morgan fingerprint density at radius 3 is 2.55 bits per heavy atom. The zero-order valence-electron chi connectivity index (χ0n) is 15.8. The molecular formula is C23H18N2O4. The topological polar surface area (TPSA) is 88.4 Å². The molecule has 0 radical (unpaired) electrons. The number of imide groups is 1. The van der Waals surface area contributed by atoms with E-state index < -0.39 is 18.1 Å². The van der Waals surface area contributed by atoms with Crippen LogP contribution in [0.3, 0.4) is 0 Å². The minimum Gasteiger partial charge on any atom is -0.457 e. The van der Waals surface area contributed by atoms with Crippen LogP contribution >= 0.6 is 0 Å². The maximum atomic E-state index is 11.8. The highest BCUT2D eigenvalue weighted by Crippen LogP contribution is 2.33. The molecule has 6 heteroatoms. The molecule has 0 aliphatic carbocycles. The van der Waals surface area contributed by atoms with Crippen molar-refractivity contribution in [2.45, 2.75) is 25.9 Å². The van der Waals surface area contributed by atoms with E-state index in [1.807, 2.05) is 49.4 Å². The molecule has 0 saturated carbocycles. The molecule has 0 aromatic heterocycles. The van der Waals surface area contributed by atoms with Crippen molar-refractivity contribution in [3.8, 4) is 17.6 Å². The van der Waals surface area contributed by atoms with Crippen molar-refractivity contribution >= 4 is 22.8 Å². The van der Waals surface area contributed by atoms with E-state index in [9.17, 15) is 14.9 Å². The number of amides is 2. The number of benzene rings is 3. The van der Waals surface area contributed by atoms with E-state index in [0.717, 1.165) is 28.3 Å². The van der Waals surface area contributed by atoms with E-state index in [4.69, 9.17) is 9.47 Å². The third-order valence-electron chi connectivity index (χ3n) is 4.96. The Bertz CT molecular complexity index is 1160. The highest BCUT2D eigenvalue weighted by Gasteiger charge is 2.32. The molecule has 4 rings (SSSR count). The first-order chi connectivity index (χ1) is 14.1. The number of carbonyl (C=O) groups excluding carboxylic acids is 2. The third kappa shape index (κ3) is 3.63. The van der Waals surface area contributed by atoms with Gasteiger partial charge in [-0.1, -0.05) is 37.3 Å². The molecule has 1 aliphatic heterocycles. The first-order valence-electron chi connectivity index (χ1n) is 9.32. The summed E-state index contributed by atoms with van der Waals surface area (Å²) in [5.74, 6) is 0.910. The van der Waals surface area contributed by atoms with Crippen LogP contribution in [-0.4, -0.2) is 18.1 Å². The summed E-state index contributed by atoms with van der Waals surface area (Å²) in [6.45, 7) is 2.01. The van der Waals surface area contributed by atoms with Crippen LogP contribution in [0.25, 0.3) is 10.8 Å². The summed E-state index contributed by atoms with van der Waals surface area (Å²) < 4.78 is 11.1. The Hall–Kier alpha value is -3.85. The van der Waals surface area contributed by atoms with Crippen molar-refractivity contribution in [2.75, 3.05) is 0 Å².